The van der Waals surface area contributed by atoms with Gasteiger partial charge in [-0.15, -0.1) is 0 Å². The fourth-order valence-corrected chi connectivity index (χ4v) is 1.95. The predicted octanol–water partition coefficient (Wildman–Crippen LogP) is 1.70. The van der Waals surface area contributed by atoms with Crippen LogP contribution >= 0.6 is 0 Å². The first-order chi connectivity index (χ1) is 8.93. The quantitative estimate of drug-likeness (QED) is 0.817. The monoisotopic (exact) mass is 268 g/mol. The topological polar surface area (TPSA) is 45.4 Å². The van der Waals surface area contributed by atoms with Crippen LogP contribution in [0.25, 0.3) is 0 Å². The smallest absolute Gasteiger partial charge is 0.141 e. The van der Waals surface area contributed by atoms with Gasteiger partial charge in [-0.05, 0) is 26.1 Å². The summed E-state index contributed by atoms with van der Waals surface area (Å²) in [5, 5.41) is 0. The molecule has 5 heteroatoms. The fourth-order valence-electron chi connectivity index (χ4n) is 1.95. The molecule has 0 spiro atoms. The molecule has 0 amide bonds. The highest BCUT2D eigenvalue weighted by Crippen LogP contribution is 2.19. The lowest BCUT2D eigenvalue weighted by atomic mass is 10.1. The van der Waals surface area contributed by atoms with Crippen molar-refractivity contribution in [2.75, 3.05) is 38.6 Å². The largest absolute Gasteiger partial charge is 0.355 e. The number of nitrogens with two attached hydrogens (primary N) is 1. The van der Waals surface area contributed by atoms with E-state index in [0.717, 1.165) is 31.0 Å². The average molecular weight is 268 g/mol. The van der Waals surface area contributed by atoms with Crippen LogP contribution in [0, 0.1) is 11.7 Å². The van der Waals surface area contributed by atoms with E-state index >= 15 is 0 Å². The maximum Gasteiger partial charge on any atom is 0.141 e. The summed E-state index contributed by atoms with van der Waals surface area (Å²) in [6.07, 6.45) is 1.26. The highest BCUT2D eigenvalue weighted by molar-refractivity contribution is 5.47. The summed E-state index contributed by atoms with van der Waals surface area (Å²) >= 11 is 0. The van der Waals surface area contributed by atoms with E-state index in [2.05, 4.69) is 28.6 Å². The molecule has 0 aliphatic rings. The van der Waals surface area contributed by atoms with Gasteiger partial charge in [0.05, 0.1) is 6.20 Å². The normalized spacial score (nSPS) is 11.4. The van der Waals surface area contributed by atoms with Gasteiger partial charge in [0.25, 0.3) is 0 Å². The molecule has 0 aromatic carbocycles. The molecule has 1 rings (SSSR count). The summed E-state index contributed by atoms with van der Waals surface area (Å²) in [6.45, 7) is 7.30. The summed E-state index contributed by atoms with van der Waals surface area (Å²) in [5.41, 5.74) is 6.46. The second-order valence-electron chi connectivity index (χ2n) is 5.48. The van der Waals surface area contributed by atoms with E-state index in [-0.39, 0.29) is 5.82 Å². The van der Waals surface area contributed by atoms with Crippen LogP contribution in [0.5, 0.6) is 0 Å². The van der Waals surface area contributed by atoms with Gasteiger partial charge >= 0.3 is 0 Å². The Morgan fingerprint density at radius 2 is 2.00 bits per heavy atom. The van der Waals surface area contributed by atoms with Crippen LogP contribution in [0.15, 0.2) is 12.3 Å². The third kappa shape index (κ3) is 5.12. The Hall–Kier alpha value is -1.20. The summed E-state index contributed by atoms with van der Waals surface area (Å²) < 4.78 is 13.2. The minimum Gasteiger partial charge on any atom is -0.355 e. The van der Waals surface area contributed by atoms with Crippen LogP contribution in [0.3, 0.4) is 0 Å². The molecule has 0 atom stereocenters. The maximum atomic E-state index is 13.2. The van der Waals surface area contributed by atoms with Gasteiger partial charge in [0, 0.05) is 31.7 Å². The van der Waals surface area contributed by atoms with Gasteiger partial charge in [0.15, 0.2) is 0 Å². The SMILES string of the molecule is CC(C)CN(CCN(C)C)c1ncc(F)cc1CN. The van der Waals surface area contributed by atoms with Crippen molar-refractivity contribution in [2.24, 2.45) is 11.7 Å². The van der Waals surface area contributed by atoms with E-state index in [0.29, 0.717) is 12.5 Å². The van der Waals surface area contributed by atoms with Gasteiger partial charge in [-0.2, -0.15) is 0 Å². The van der Waals surface area contributed by atoms with Crippen LogP contribution < -0.4 is 10.6 Å². The zero-order valence-corrected chi connectivity index (χ0v) is 12.4. The van der Waals surface area contributed by atoms with E-state index in [1.54, 1.807) is 0 Å². The molecule has 0 saturated heterocycles. The number of halogens is 1. The molecular weight excluding hydrogens is 243 g/mol. The van der Waals surface area contributed by atoms with Crippen molar-refractivity contribution in [2.45, 2.75) is 20.4 Å². The van der Waals surface area contributed by atoms with Gasteiger partial charge in [0.1, 0.15) is 11.6 Å². The molecule has 1 heterocycles. The average Bonchev–Trinajstić information content (AvgIpc) is 2.33. The van der Waals surface area contributed by atoms with E-state index in [1.807, 2.05) is 14.1 Å². The molecule has 0 bridgehead atoms. The first-order valence-electron chi connectivity index (χ1n) is 6.68. The maximum absolute atomic E-state index is 13.2. The minimum atomic E-state index is -0.332. The van der Waals surface area contributed by atoms with E-state index in [1.165, 1.54) is 12.3 Å². The highest BCUT2D eigenvalue weighted by Gasteiger charge is 2.14. The van der Waals surface area contributed by atoms with Crippen LogP contribution in [0.1, 0.15) is 19.4 Å². The third-order valence-electron chi connectivity index (χ3n) is 2.83. The second kappa shape index (κ2) is 7.40. The Morgan fingerprint density at radius 1 is 1.32 bits per heavy atom. The zero-order valence-electron chi connectivity index (χ0n) is 12.4. The molecule has 0 radical (unpaired) electrons. The lowest BCUT2D eigenvalue weighted by molar-refractivity contribution is 0.408. The molecule has 4 nitrogen and oxygen atoms in total. The molecule has 0 fully saturated rings. The number of anilines is 1. The third-order valence-corrected chi connectivity index (χ3v) is 2.83. The molecule has 2 N–H and O–H groups in total. The van der Waals surface area contributed by atoms with Crippen molar-refractivity contribution >= 4 is 5.82 Å². The van der Waals surface area contributed by atoms with E-state index in [9.17, 15) is 4.39 Å². The fraction of sp³-hybridized carbons (Fsp3) is 0.643. The molecule has 108 valence electrons. The number of nitrogens with zero attached hydrogens (tertiary/aromatic N) is 3. The summed E-state index contributed by atoms with van der Waals surface area (Å²) in [5.74, 6) is 0.986. The van der Waals surface area contributed by atoms with Crippen molar-refractivity contribution in [1.29, 1.82) is 0 Å². The highest BCUT2D eigenvalue weighted by atomic mass is 19.1. The van der Waals surface area contributed by atoms with Crippen LogP contribution in [-0.4, -0.2) is 43.6 Å². The first kappa shape index (κ1) is 15.9. The number of hydrogen-bond donors (Lipinski definition) is 1. The van der Waals surface area contributed by atoms with Gasteiger partial charge in [0.2, 0.25) is 0 Å². The van der Waals surface area contributed by atoms with Crippen LogP contribution in [0.4, 0.5) is 10.2 Å². The van der Waals surface area contributed by atoms with Gasteiger partial charge in [-0.1, -0.05) is 13.8 Å². The number of pyridine rings is 1. The number of aromatic nitrogens is 1. The number of likely N-dealkylation sites (N-methyl/N-ethyl adjacent to an activating group) is 1. The van der Waals surface area contributed by atoms with E-state index in [4.69, 9.17) is 5.73 Å². The lowest BCUT2D eigenvalue weighted by Gasteiger charge is -2.28. The van der Waals surface area contributed by atoms with Crippen molar-refractivity contribution in [3.8, 4) is 0 Å². The first-order valence-corrected chi connectivity index (χ1v) is 6.68. The molecular formula is C14H25FN4. The van der Waals surface area contributed by atoms with Crippen molar-refractivity contribution in [3.63, 3.8) is 0 Å². The Balaban J connectivity index is 2.95. The predicted molar refractivity (Wildman–Crippen MR) is 77.7 cm³/mol. The van der Waals surface area contributed by atoms with Crippen LogP contribution in [0.2, 0.25) is 0 Å². The summed E-state index contributed by atoms with van der Waals surface area (Å²) in [7, 11) is 4.07. The standard InChI is InChI=1S/C14H25FN4/c1-11(2)10-19(6-5-18(3)4)14-12(8-16)7-13(15)9-17-14/h7,9,11H,5-6,8,10,16H2,1-4H3. The molecule has 0 unspecified atom stereocenters. The van der Waals surface area contributed by atoms with Crippen molar-refractivity contribution in [1.82, 2.24) is 9.88 Å². The molecule has 0 aliphatic heterocycles. The Labute approximate surface area is 115 Å². The Bertz CT molecular complexity index is 393. The van der Waals surface area contributed by atoms with Gasteiger partial charge < -0.3 is 15.5 Å². The molecule has 0 saturated carbocycles. The van der Waals surface area contributed by atoms with Gasteiger partial charge in [-0.25, -0.2) is 9.37 Å². The van der Waals surface area contributed by atoms with Crippen LogP contribution in [-0.2, 0) is 6.54 Å². The molecule has 0 aliphatic carbocycles. The summed E-state index contributed by atoms with van der Waals surface area (Å²) in [6, 6.07) is 1.48. The molecule has 19 heavy (non-hydrogen) atoms. The minimum absolute atomic E-state index is 0.302. The van der Waals surface area contributed by atoms with Crippen molar-refractivity contribution in [3.05, 3.63) is 23.6 Å². The second-order valence-corrected chi connectivity index (χ2v) is 5.48. The number of hydrogen-bond acceptors (Lipinski definition) is 4. The summed E-state index contributed by atoms with van der Waals surface area (Å²) in [4.78, 5) is 8.54. The van der Waals surface area contributed by atoms with Gasteiger partial charge in [-0.3, -0.25) is 0 Å². The lowest BCUT2D eigenvalue weighted by Crippen LogP contribution is -2.35. The molecule has 1 aromatic heterocycles. The Kier molecular flexibility index (Phi) is 6.18. The van der Waals surface area contributed by atoms with Crippen molar-refractivity contribution < 1.29 is 4.39 Å². The van der Waals surface area contributed by atoms with E-state index < -0.39 is 0 Å². The Morgan fingerprint density at radius 3 is 2.53 bits per heavy atom. The zero-order chi connectivity index (χ0) is 14.4. The molecule has 1 aromatic rings. The number of rotatable bonds is 7.